The maximum Gasteiger partial charge on any atom is 0.168 e. The maximum absolute atomic E-state index is 12.1. The van der Waals surface area contributed by atoms with E-state index in [1.165, 1.54) is 6.20 Å². The Balaban J connectivity index is 2.19. The van der Waals surface area contributed by atoms with Gasteiger partial charge in [-0.3, -0.25) is 4.79 Å². The number of hydrogen-bond donors (Lipinski definition) is 0. The lowest BCUT2D eigenvalue weighted by Gasteiger charge is -2.04. The van der Waals surface area contributed by atoms with Crippen LogP contribution >= 0.6 is 23.2 Å². The molecule has 0 aliphatic heterocycles. The summed E-state index contributed by atoms with van der Waals surface area (Å²) in [6, 6.07) is 2.09. The first-order valence-electron chi connectivity index (χ1n) is 7.51. The van der Waals surface area contributed by atoms with Gasteiger partial charge in [-0.15, -0.1) is 11.8 Å². The largest absolute Gasteiger partial charge is 0.299 e. The smallest absolute Gasteiger partial charge is 0.168 e. The highest BCUT2D eigenvalue weighted by molar-refractivity contribution is 6.55. The van der Waals surface area contributed by atoms with E-state index < -0.39 is 0 Å². The van der Waals surface area contributed by atoms with Crippen LogP contribution in [0.3, 0.4) is 0 Å². The van der Waals surface area contributed by atoms with Crippen LogP contribution in [-0.4, -0.2) is 21.3 Å². The van der Waals surface area contributed by atoms with Crippen LogP contribution in [0.4, 0.5) is 5.82 Å². The van der Waals surface area contributed by atoms with E-state index in [0.29, 0.717) is 37.2 Å². The summed E-state index contributed by atoms with van der Waals surface area (Å²) in [5.41, 5.74) is 1.15. The van der Waals surface area contributed by atoms with Crippen molar-refractivity contribution >= 4 is 40.5 Å². The third-order valence-electron chi connectivity index (χ3n) is 3.69. The summed E-state index contributed by atoms with van der Waals surface area (Å²) in [6.45, 7) is 2.33. The summed E-state index contributed by atoms with van der Waals surface area (Å²) in [5.74, 6) is 6.22. The van der Waals surface area contributed by atoms with Crippen molar-refractivity contribution in [2.24, 2.45) is 10.9 Å². The van der Waals surface area contributed by atoms with Gasteiger partial charge in [-0.05, 0) is 19.8 Å². The Bertz CT molecular complexity index is 786. The Morgan fingerprint density at radius 1 is 1.58 bits per heavy atom. The van der Waals surface area contributed by atoms with E-state index >= 15 is 0 Å². The SMILES string of the molecule is CC#CCCn1ncc(C#N)c1N=C1CC(=O)C(CC=C(Cl)Cl)C1. The predicted molar refractivity (Wildman–Crippen MR) is 94.2 cm³/mol. The molecule has 0 saturated heterocycles. The molecule has 0 aromatic carbocycles. The summed E-state index contributed by atoms with van der Waals surface area (Å²) in [5, 5.41) is 13.4. The molecule has 0 N–H and O–H groups in total. The predicted octanol–water partition coefficient (Wildman–Crippen LogP) is 3.93. The summed E-state index contributed by atoms with van der Waals surface area (Å²) in [4.78, 5) is 16.6. The van der Waals surface area contributed by atoms with Crippen molar-refractivity contribution in [3.63, 3.8) is 0 Å². The highest BCUT2D eigenvalue weighted by Crippen LogP contribution is 2.28. The van der Waals surface area contributed by atoms with Gasteiger partial charge in [0.25, 0.3) is 0 Å². The van der Waals surface area contributed by atoms with E-state index in [4.69, 9.17) is 23.2 Å². The molecule has 1 aliphatic rings. The van der Waals surface area contributed by atoms with Crippen molar-refractivity contribution in [1.29, 1.82) is 5.26 Å². The van der Waals surface area contributed by atoms with Crippen LogP contribution in [0, 0.1) is 29.1 Å². The Kier molecular flexibility index (Phi) is 6.61. The highest BCUT2D eigenvalue weighted by atomic mass is 35.5. The molecule has 7 heteroatoms. The molecule has 0 spiro atoms. The number of aryl methyl sites for hydroxylation is 1. The molecule has 0 amide bonds. The zero-order chi connectivity index (χ0) is 17.5. The third-order valence-corrected chi connectivity index (χ3v) is 4.00. The van der Waals surface area contributed by atoms with Gasteiger partial charge in [0.05, 0.1) is 12.7 Å². The molecule has 1 saturated carbocycles. The van der Waals surface area contributed by atoms with Crippen molar-refractivity contribution < 1.29 is 4.79 Å². The first-order valence-corrected chi connectivity index (χ1v) is 8.26. The molecule has 1 aromatic heterocycles. The number of nitrogens with zero attached hydrogens (tertiary/aromatic N) is 4. The van der Waals surface area contributed by atoms with E-state index in [1.54, 1.807) is 17.7 Å². The van der Waals surface area contributed by atoms with Gasteiger partial charge in [0.2, 0.25) is 0 Å². The van der Waals surface area contributed by atoms with Crippen LogP contribution in [0.2, 0.25) is 0 Å². The van der Waals surface area contributed by atoms with Crippen LogP contribution in [-0.2, 0) is 11.3 Å². The summed E-state index contributed by atoms with van der Waals surface area (Å²) < 4.78 is 1.82. The van der Waals surface area contributed by atoms with Gasteiger partial charge in [0, 0.05) is 24.5 Å². The average Bonchev–Trinajstić information content (AvgIpc) is 3.09. The molecule has 0 bridgehead atoms. The standard InChI is InChI=1S/C17H16Cl2N4O/c1-2-3-4-7-23-17(13(10-20)11-21-23)22-14-8-12(15(24)9-14)5-6-16(18)19/h6,11-12H,4-5,7-9H2,1H3. The molecule has 1 heterocycles. The minimum Gasteiger partial charge on any atom is -0.299 e. The highest BCUT2D eigenvalue weighted by Gasteiger charge is 2.29. The van der Waals surface area contributed by atoms with Crippen molar-refractivity contribution in [2.45, 2.75) is 39.2 Å². The number of ketones is 1. The normalized spacial score (nSPS) is 18.2. The van der Waals surface area contributed by atoms with Gasteiger partial charge in [0.1, 0.15) is 21.9 Å². The number of carbonyl (C=O) groups is 1. The second kappa shape index (κ2) is 8.68. The first kappa shape index (κ1) is 18.3. The summed E-state index contributed by atoms with van der Waals surface area (Å²) >= 11 is 11.2. The van der Waals surface area contributed by atoms with Crippen LogP contribution < -0.4 is 0 Å². The molecule has 1 fully saturated rings. The number of Topliss-reactive ketones (excluding diaryl/α,β-unsaturated/α-hetero) is 1. The fourth-order valence-corrected chi connectivity index (χ4v) is 2.70. The van der Waals surface area contributed by atoms with Gasteiger partial charge in [-0.2, -0.15) is 10.4 Å². The lowest BCUT2D eigenvalue weighted by atomic mass is 10.0. The van der Waals surface area contributed by atoms with E-state index in [1.807, 2.05) is 0 Å². The summed E-state index contributed by atoms with van der Waals surface area (Å²) in [6.07, 6.45) is 5.06. The number of aromatic nitrogens is 2. The fourth-order valence-electron chi connectivity index (χ4n) is 2.52. The Hall–Kier alpha value is -2.08. The molecule has 1 atom stereocenters. The summed E-state index contributed by atoms with van der Waals surface area (Å²) in [7, 11) is 0. The number of nitriles is 1. The average molecular weight is 363 g/mol. The second-order valence-electron chi connectivity index (χ2n) is 5.35. The number of halogens is 2. The third kappa shape index (κ3) is 4.71. The van der Waals surface area contributed by atoms with Crippen LogP contribution in [0.1, 0.15) is 38.2 Å². The van der Waals surface area contributed by atoms with Gasteiger partial charge >= 0.3 is 0 Å². The molecule has 5 nitrogen and oxygen atoms in total. The van der Waals surface area contributed by atoms with Crippen LogP contribution in [0.25, 0.3) is 0 Å². The molecule has 0 radical (unpaired) electrons. The van der Waals surface area contributed by atoms with Gasteiger partial charge < -0.3 is 0 Å². The number of aliphatic imine (C=N–C) groups is 1. The first-order chi connectivity index (χ1) is 11.5. The van der Waals surface area contributed by atoms with Crippen molar-refractivity contribution in [3.8, 4) is 17.9 Å². The van der Waals surface area contributed by atoms with Crippen molar-refractivity contribution in [2.75, 3.05) is 0 Å². The molecular weight excluding hydrogens is 347 g/mol. The monoisotopic (exact) mass is 362 g/mol. The van der Waals surface area contributed by atoms with E-state index in [-0.39, 0.29) is 22.6 Å². The van der Waals surface area contributed by atoms with Crippen molar-refractivity contribution in [3.05, 3.63) is 22.3 Å². The number of rotatable bonds is 5. The van der Waals surface area contributed by atoms with Gasteiger partial charge in [-0.1, -0.05) is 29.3 Å². The molecule has 1 aliphatic carbocycles. The van der Waals surface area contributed by atoms with E-state index in [9.17, 15) is 10.1 Å². The Morgan fingerprint density at radius 2 is 2.38 bits per heavy atom. The molecule has 124 valence electrons. The molecule has 1 aromatic rings. The van der Waals surface area contributed by atoms with E-state index in [2.05, 4.69) is 28.0 Å². The topological polar surface area (TPSA) is 71.0 Å². The van der Waals surface area contributed by atoms with Crippen molar-refractivity contribution in [1.82, 2.24) is 9.78 Å². The van der Waals surface area contributed by atoms with E-state index in [0.717, 1.165) is 5.71 Å². The molecule has 24 heavy (non-hydrogen) atoms. The lowest BCUT2D eigenvalue weighted by Crippen LogP contribution is -2.04. The van der Waals surface area contributed by atoms with Crippen LogP contribution in [0.15, 0.2) is 21.8 Å². The van der Waals surface area contributed by atoms with Gasteiger partial charge in [-0.25, -0.2) is 9.67 Å². The molecule has 1 unspecified atom stereocenters. The fraction of sp³-hybridized carbons (Fsp3) is 0.412. The number of hydrogen-bond acceptors (Lipinski definition) is 4. The number of carbonyl (C=O) groups excluding carboxylic acids is 1. The number of allylic oxidation sites excluding steroid dienone is 1. The second-order valence-corrected chi connectivity index (χ2v) is 6.35. The Labute approximate surface area is 151 Å². The molecule has 2 rings (SSSR count). The quantitative estimate of drug-likeness (QED) is 0.744. The zero-order valence-corrected chi connectivity index (χ0v) is 14.7. The minimum absolute atomic E-state index is 0.112. The zero-order valence-electron chi connectivity index (χ0n) is 13.2. The lowest BCUT2D eigenvalue weighted by molar-refractivity contribution is -0.120. The molecular formula is C17H16Cl2N4O. The Morgan fingerprint density at radius 3 is 3.04 bits per heavy atom. The van der Waals surface area contributed by atoms with Crippen LogP contribution in [0.5, 0.6) is 0 Å². The van der Waals surface area contributed by atoms with Gasteiger partial charge in [0.15, 0.2) is 5.82 Å². The maximum atomic E-state index is 12.1. The minimum atomic E-state index is -0.163.